The zero-order valence-corrected chi connectivity index (χ0v) is 13.4. The molecule has 0 fully saturated rings. The second kappa shape index (κ2) is 6.20. The first-order valence-electron chi connectivity index (χ1n) is 7.72. The normalized spacial score (nSPS) is 10.9. The second-order valence-electron chi connectivity index (χ2n) is 5.60. The van der Waals surface area contributed by atoms with E-state index in [0.29, 0.717) is 17.5 Å². The van der Waals surface area contributed by atoms with Gasteiger partial charge in [0.25, 0.3) is 0 Å². The van der Waals surface area contributed by atoms with Crippen molar-refractivity contribution in [2.45, 2.75) is 13.5 Å². The van der Waals surface area contributed by atoms with Crippen LogP contribution in [0.5, 0.6) is 0 Å². The number of benzene rings is 2. The summed E-state index contributed by atoms with van der Waals surface area (Å²) in [5, 5.41) is 7.82. The number of nitrogens with zero attached hydrogens (tertiary/aromatic N) is 4. The molecule has 0 saturated heterocycles. The zero-order chi connectivity index (χ0) is 17.2. The van der Waals surface area contributed by atoms with Crippen LogP contribution >= 0.6 is 0 Å². The van der Waals surface area contributed by atoms with Crippen LogP contribution in [0.3, 0.4) is 0 Å². The van der Waals surface area contributed by atoms with Crippen molar-refractivity contribution in [1.82, 2.24) is 19.9 Å². The molecule has 0 aliphatic carbocycles. The van der Waals surface area contributed by atoms with E-state index >= 15 is 0 Å². The monoisotopic (exact) mass is 334 g/mol. The van der Waals surface area contributed by atoms with Crippen LogP contribution in [-0.2, 0) is 6.54 Å². The average molecular weight is 334 g/mol. The molecular weight excluding hydrogens is 320 g/mol. The summed E-state index contributed by atoms with van der Waals surface area (Å²) in [5.74, 6) is 0.619. The quantitative estimate of drug-likeness (QED) is 0.570. The van der Waals surface area contributed by atoms with E-state index in [4.69, 9.17) is 9.05 Å². The van der Waals surface area contributed by atoms with Crippen LogP contribution in [0, 0.1) is 6.92 Å². The highest BCUT2D eigenvalue weighted by Gasteiger charge is 2.16. The first-order valence-corrected chi connectivity index (χ1v) is 7.72. The SMILES string of the molecule is Cc1ccc(-c2noc(Cn3c(-c4ccccc4)noc3=O)n2)cc1. The summed E-state index contributed by atoms with van der Waals surface area (Å²) in [7, 11) is 0. The third kappa shape index (κ3) is 2.99. The van der Waals surface area contributed by atoms with Gasteiger partial charge in [0.05, 0.1) is 0 Å². The van der Waals surface area contributed by atoms with Crippen molar-refractivity contribution in [3.63, 3.8) is 0 Å². The Morgan fingerprint density at radius 2 is 1.68 bits per heavy atom. The molecule has 0 bridgehead atoms. The first kappa shape index (κ1) is 15.1. The minimum atomic E-state index is -0.575. The van der Waals surface area contributed by atoms with E-state index < -0.39 is 5.76 Å². The molecule has 124 valence electrons. The Balaban J connectivity index is 1.65. The smallest absolute Gasteiger partial charge is 0.337 e. The fraction of sp³-hybridized carbons (Fsp3) is 0.111. The summed E-state index contributed by atoms with van der Waals surface area (Å²) >= 11 is 0. The molecule has 0 unspecified atom stereocenters. The lowest BCUT2D eigenvalue weighted by Gasteiger charge is -2.00. The molecule has 7 heteroatoms. The summed E-state index contributed by atoms with van der Waals surface area (Å²) in [6.45, 7) is 2.10. The Morgan fingerprint density at radius 1 is 0.920 bits per heavy atom. The van der Waals surface area contributed by atoms with Crippen molar-refractivity contribution in [3.8, 4) is 22.8 Å². The summed E-state index contributed by atoms with van der Waals surface area (Å²) in [4.78, 5) is 16.3. The van der Waals surface area contributed by atoms with Crippen LogP contribution < -0.4 is 5.76 Å². The van der Waals surface area contributed by atoms with Gasteiger partial charge in [-0.25, -0.2) is 9.36 Å². The van der Waals surface area contributed by atoms with Crippen molar-refractivity contribution in [3.05, 3.63) is 76.6 Å². The predicted molar refractivity (Wildman–Crippen MR) is 89.8 cm³/mol. The number of hydrogen-bond acceptors (Lipinski definition) is 6. The van der Waals surface area contributed by atoms with Gasteiger partial charge in [0.1, 0.15) is 6.54 Å². The lowest BCUT2D eigenvalue weighted by atomic mass is 10.1. The summed E-state index contributed by atoms with van der Waals surface area (Å²) in [5.41, 5.74) is 2.77. The van der Waals surface area contributed by atoms with Gasteiger partial charge in [0, 0.05) is 11.1 Å². The van der Waals surface area contributed by atoms with Gasteiger partial charge in [-0.05, 0) is 6.92 Å². The minimum absolute atomic E-state index is 0.0887. The molecule has 0 spiro atoms. The van der Waals surface area contributed by atoms with Gasteiger partial charge in [-0.1, -0.05) is 70.5 Å². The summed E-state index contributed by atoms with van der Waals surface area (Å²) < 4.78 is 11.4. The van der Waals surface area contributed by atoms with Crippen LogP contribution in [0.15, 0.2) is 68.4 Å². The fourth-order valence-corrected chi connectivity index (χ4v) is 2.48. The Kier molecular flexibility index (Phi) is 3.74. The Morgan fingerprint density at radius 3 is 2.44 bits per heavy atom. The van der Waals surface area contributed by atoms with E-state index in [0.717, 1.165) is 16.7 Å². The number of rotatable bonds is 4. The van der Waals surface area contributed by atoms with Gasteiger partial charge >= 0.3 is 5.76 Å². The van der Waals surface area contributed by atoms with Crippen molar-refractivity contribution in [2.75, 3.05) is 0 Å². The van der Waals surface area contributed by atoms with Crippen molar-refractivity contribution >= 4 is 0 Å². The molecule has 0 aliphatic heterocycles. The van der Waals surface area contributed by atoms with E-state index in [9.17, 15) is 4.79 Å². The largest absolute Gasteiger partial charge is 0.442 e. The molecule has 4 aromatic rings. The predicted octanol–water partition coefficient (Wildman–Crippen LogP) is 2.91. The topological polar surface area (TPSA) is 87.0 Å². The highest BCUT2D eigenvalue weighted by atomic mass is 16.5. The molecule has 2 heterocycles. The maximum Gasteiger partial charge on any atom is 0.442 e. The maximum absolute atomic E-state index is 12.0. The lowest BCUT2D eigenvalue weighted by Crippen LogP contribution is -2.16. The Labute approximate surface area is 142 Å². The van der Waals surface area contributed by atoms with Crippen LogP contribution in [0.25, 0.3) is 22.8 Å². The molecule has 7 nitrogen and oxygen atoms in total. The molecule has 4 rings (SSSR count). The third-order valence-corrected chi connectivity index (χ3v) is 3.79. The first-order chi connectivity index (χ1) is 12.2. The molecule has 0 radical (unpaired) electrons. The molecule has 0 amide bonds. The van der Waals surface area contributed by atoms with E-state index in [2.05, 4.69) is 15.3 Å². The van der Waals surface area contributed by atoms with Gasteiger partial charge in [0.2, 0.25) is 11.7 Å². The van der Waals surface area contributed by atoms with Gasteiger partial charge in [-0.15, -0.1) is 0 Å². The van der Waals surface area contributed by atoms with E-state index in [-0.39, 0.29) is 6.54 Å². The number of aryl methyl sites for hydroxylation is 1. The average Bonchev–Trinajstić information content (AvgIpc) is 3.24. The molecule has 0 saturated carbocycles. The molecule has 2 aromatic carbocycles. The Hall–Kier alpha value is -3.48. The van der Waals surface area contributed by atoms with Crippen LogP contribution in [0.4, 0.5) is 0 Å². The molecule has 2 aromatic heterocycles. The number of aromatic nitrogens is 4. The van der Waals surface area contributed by atoms with Gasteiger partial charge in [-0.2, -0.15) is 4.98 Å². The van der Waals surface area contributed by atoms with Crippen molar-refractivity contribution in [1.29, 1.82) is 0 Å². The molecule has 0 atom stereocenters. The van der Waals surface area contributed by atoms with E-state index in [1.54, 1.807) is 0 Å². The minimum Gasteiger partial charge on any atom is -0.337 e. The van der Waals surface area contributed by atoms with Crippen molar-refractivity contribution < 1.29 is 9.05 Å². The number of hydrogen-bond donors (Lipinski definition) is 0. The van der Waals surface area contributed by atoms with Gasteiger partial charge in [-0.3, -0.25) is 4.52 Å². The molecular formula is C18H14N4O3. The highest BCUT2D eigenvalue weighted by Crippen LogP contribution is 2.19. The van der Waals surface area contributed by atoms with Crippen LogP contribution in [0.2, 0.25) is 0 Å². The van der Waals surface area contributed by atoms with Gasteiger partial charge < -0.3 is 4.52 Å². The third-order valence-electron chi connectivity index (χ3n) is 3.79. The maximum atomic E-state index is 12.0. The molecule has 0 aliphatic rings. The van der Waals surface area contributed by atoms with Crippen molar-refractivity contribution in [2.24, 2.45) is 0 Å². The van der Waals surface area contributed by atoms with Crippen LogP contribution in [-0.4, -0.2) is 19.9 Å². The Bertz CT molecular complexity index is 1050. The second-order valence-corrected chi connectivity index (χ2v) is 5.60. The zero-order valence-electron chi connectivity index (χ0n) is 13.4. The van der Waals surface area contributed by atoms with E-state index in [1.165, 1.54) is 4.57 Å². The standard InChI is InChI=1S/C18H14N4O3/c1-12-7-9-13(10-8-12)16-19-15(24-20-16)11-22-17(21-25-18(22)23)14-5-3-2-4-6-14/h2-10H,11H2,1H3. The lowest BCUT2D eigenvalue weighted by molar-refractivity contribution is 0.354. The van der Waals surface area contributed by atoms with Crippen LogP contribution in [0.1, 0.15) is 11.5 Å². The summed E-state index contributed by atoms with van der Waals surface area (Å²) in [6.07, 6.45) is 0. The fourth-order valence-electron chi connectivity index (χ4n) is 2.48. The molecule has 25 heavy (non-hydrogen) atoms. The van der Waals surface area contributed by atoms with Gasteiger partial charge in [0.15, 0.2) is 5.82 Å². The molecule has 0 N–H and O–H groups in total. The van der Waals surface area contributed by atoms with E-state index in [1.807, 2.05) is 61.5 Å². The summed E-state index contributed by atoms with van der Waals surface area (Å²) in [6, 6.07) is 17.1. The highest BCUT2D eigenvalue weighted by molar-refractivity contribution is 5.55.